The third kappa shape index (κ3) is 4.90. The first-order valence-corrected chi connectivity index (χ1v) is 10.4. The number of amides is 1. The van der Waals surface area contributed by atoms with Gasteiger partial charge >= 0.3 is 0 Å². The molecular formula is C23H15Cl3FN3O. The third-order valence-electron chi connectivity index (χ3n) is 4.68. The molecule has 0 saturated heterocycles. The third-order valence-corrected chi connectivity index (χ3v) is 5.52. The molecule has 0 unspecified atom stereocenters. The van der Waals surface area contributed by atoms with E-state index in [0.717, 1.165) is 16.8 Å². The number of carbonyl (C=O) groups is 1. The molecule has 0 atom stereocenters. The highest BCUT2D eigenvalue weighted by Crippen LogP contribution is 2.31. The minimum Gasteiger partial charge on any atom is -0.348 e. The van der Waals surface area contributed by atoms with Crippen molar-refractivity contribution in [2.75, 3.05) is 0 Å². The van der Waals surface area contributed by atoms with Crippen LogP contribution in [0.15, 0.2) is 66.7 Å². The SMILES string of the molecule is O=C(NCc1ccc(F)c(Cl)c1)c1ccc(-c2cc(-c3ccc(Cl)cc3Cl)[nH]n2)cc1. The highest BCUT2D eigenvalue weighted by atomic mass is 35.5. The molecule has 4 aromatic rings. The molecule has 1 amide bonds. The van der Waals surface area contributed by atoms with Crippen LogP contribution in [0.25, 0.3) is 22.5 Å². The number of aromatic amines is 1. The molecule has 3 aromatic carbocycles. The maximum absolute atomic E-state index is 13.2. The summed E-state index contributed by atoms with van der Waals surface area (Å²) in [6.07, 6.45) is 0. The second-order valence-corrected chi connectivity index (χ2v) is 8.05. The van der Waals surface area contributed by atoms with Crippen LogP contribution in [-0.4, -0.2) is 16.1 Å². The first-order chi connectivity index (χ1) is 14.9. The standard InChI is InChI=1S/C23H15Cl3FN3O/c24-16-6-7-17(18(25)10-16)22-11-21(29-30-22)14-2-4-15(5-3-14)23(31)28-12-13-1-8-20(27)19(26)9-13/h1-11H,12H2,(H,28,31)(H,29,30). The van der Waals surface area contributed by atoms with Crippen LogP contribution >= 0.6 is 34.8 Å². The summed E-state index contributed by atoms with van der Waals surface area (Å²) in [7, 11) is 0. The number of rotatable bonds is 5. The molecule has 0 spiro atoms. The molecule has 4 rings (SSSR count). The van der Waals surface area contributed by atoms with Gasteiger partial charge in [-0.05, 0) is 54.1 Å². The smallest absolute Gasteiger partial charge is 0.251 e. The number of benzene rings is 3. The molecule has 0 fully saturated rings. The van der Waals surface area contributed by atoms with Gasteiger partial charge in [0.1, 0.15) is 5.82 Å². The van der Waals surface area contributed by atoms with E-state index in [1.165, 1.54) is 12.1 Å². The number of hydrogen-bond acceptors (Lipinski definition) is 2. The normalized spacial score (nSPS) is 10.8. The molecule has 0 saturated carbocycles. The van der Waals surface area contributed by atoms with E-state index in [-0.39, 0.29) is 17.5 Å². The van der Waals surface area contributed by atoms with Gasteiger partial charge in [-0.25, -0.2) is 4.39 Å². The summed E-state index contributed by atoms with van der Waals surface area (Å²) in [6.45, 7) is 0.241. The van der Waals surface area contributed by atoms with Gasteiger partial charge in [0, 0.05) is 28.3 Å². The van der Waals surface area contributed by atoms with Crippen molar-refractivity contribution in [1.29, 1.82) is 0 Å². The summed E-state index contributed by atoms with van der Waals surface area (Å²) in [5, 5.41) is 11.2. The molecule has 1 heterocycles. The first kappa shape index (κ1) is 21.4. The number of aromatic nitrogens is 2. The second-order valence-electron chi connectivity index (χ2n) is 6.80. The lowest BCUT2D eigenvalue weighted by molar-refractivity contribution is 0.0951. The van der Waals surface area contributed by atoms with Gasteiger partial charge in [0.2, 0.25) is 0 Å². The number of hydrogen-bond donors (Lipinski definition) is 2. The van der Waals surface area contributed by atoms with Gasteiger partial charge in [-0.2, -0.15) is 5.10 Å². The number of nitrogens with zero attached hydrogens (tertiary/aromatic N) is 1. The van der Waals surface area contributed by atoms with Crippen LogP contribution in [0.5, 0.6) is 0 Å². The fraction of sp³-hybridized carbons (Fsp3) is 0.0435. The zero-order valence-corrected chi connectivity index (χ0v) is 18.2. The van der Waals surface area contributed by atoms with Crippen molar-refractivity contribution in [1.82, 2.24) is 15.5 Å². The average Bonchev–Trinajstić information content (AvgIpc) is 3.24. The van der Waals surface area contributed by atoms with Crippen molar-refractivity contribution < 1.29 is 9.18 Å². The summed E-state index contributed by atoms with van der Waals surface area (Å²) < 4.78 is 13.2. The fourth-order valence-electron chi connectivity index (χ4n) is 3.04. The molecule has 8 heteroatoms. The van der Waals surface area contributed by atoms with Crippen LogP contribution in [-0.2, 0) is 6.54 Å². The molecule has 2 N–H and O–H groups in total. The number of halogens is 4. The van der Waals surface area contributed by atoms with E-state index in [2.05, 4.69) is 15.5 Å². The van der Waals surface area contributed by atoms with Crippen molar-refractivity contribution in [2.45, 2.75) is 6.54 Å². The summed E-state index contributed by atoms with van der Waals surface area (Å²) in [4.78, 5) is 12.4. The van der Waals surface area contributed by atoms with E-state index < -0.39 is 5.82 Å². The Morgan fingerprint density at radius 2 is 1.71 bits per heavy atom. The molecule has 0 aliphatic rings. The van der Waals surface area contributed by atoms with Crippen LogP contribution in [0, 0.1) is 5.82 Å². The Hall–Kier alpha value is -2.86. The van der Waals surface area contributed by atoms with Crippen molar-refractivity contribution >= 4 is 40.7 Å². The largest absolute Gasteiger partial charge is 0.348 e. The molecule has 31 heavy (non-hydrogen) atoms. The zero-order valence-electron chi connectivity index (χ0n) is 15.9. The second kappa shape index (κ2) is 9.10. The van der Waals surface area contributed by atoms with Crippen molar-refractivity contribution in [2.24, 2.45) is 0 Å². The highest BCUT2D eigenvalue weighted by molar-refractivity contribution is 6.36. The van der Waals surface area contributed by atoms with Crippen LogP contribution in [0.2, 0.25) is 15.1 Å². The van der Waals surface area contributed by atoms with E-state index in [4.69, 9.17) is 34.8 Å². The van der Waals surface area contributed by atoms with Gasteiger partial charge in [-0.15, -0.1) is 0 Å². The molecule has 0 aliphatic carbocycles. The summed E-state index contributed by atoms with van der Waals surface area (Å²) in [5.74, 6) is -0.741. The quantitative estimate of drug-likeness (QED) is 0.335. The summed E-state index contributed by atoms with van der Waals surface area (Å²) >= 11 is 18.0. The van der Waals surface area contributed by atoms with E-state index in [9.17, 15) is 9.18 Å². The Morgan fingerprint density at radius 3 is 2.42 bits per heavy atom. The Kier molecular flexibility index (Phi) is 6.28. The Labute approximate surface area is 193 Å². The van der Waals surface area contributed by atoms with Gasteiger partial charge in [0.05, 0.1) is 21.4 Å². The average molecular weight is 475 g/mol. The van der Waals surface area contributed by atoms with E-state index in [1.54, 1.807) is 30.3 Å². The van der Waals surface area contributed by atoms with Crippen LogP contribution in [0.4, 0.5) is 4.39 Å². The molecular weight excluding hydrogens is 460 g/mol. The minimum atomic E-state index is -0.493. The highest BCUT2D eigenvalue weighted by Gasteiger charge is 2.11. The lowest BCUT2D eigenvalue weighted by Gasteiger charge is -2.07. The van der Waals surface area contributed by atoms with Crippen molar-refractivity contribution in [3.8, 4) is 22.5 Å². The summed E-state index contributed by atoms with van der Waals surface area (Å²) in [5.41, 5.74) is 4.32. The summed E-state index contributed by atoms with van der Waals surface area (Å²) in [6, 6.07) is 18.5. The maximum atomic E-state index is 13.2. The van der Waals surface area contributed by atoms with Gasteiger partial charge in [-0.1, -0.05) is 53.0 Å². The molecule has 1 aromatic heterocycles. The van der Waals surface area contributed by atoms with Gasteiger partial charge in [-0.3, -0.25) is 9.89 Å². The minimum absolute atomic E-state index is 0.0226. The van der Waals surface area contributed by atoms with Gasteiger partial charge < -0.3 is 5.32 Å². The maximum Gasteiger partial charge on any atom is 0.251 e. The molecule has 4 nitrogen and oxygen atoms in total. The topological polar surface area (TPSA) is 57.8 Å². The Bertz CT molecular complexity index is 1260. The number of carbonyl (C=O) groups excluding carboxylic acids is 1. The number of nitrogens with one attached hydrogen (secondary N) is 2. The van der Waals surface area contributed by atoms with E-state index in [1.807, 2.05) is 24.3 Å². The predicted molar refractivity (Wildman–Crippen MR) is 122 cm³/mol. The first-order valence-electron chi connectivity index (χ1n) is 9.24. The Morgan fingerprint density at radius 1 is 0.935 bits per heavy atom. The lowest BCUT2D eigenvalue weighted by atomic mass is 10.1. The van der Waals surface area contributed by atoms with Gasteiger partial charge in [0.25, 0.3) is 5.91 Å². The molecule has 156 valence electrons. The van der Waals surface area contributed by atoms with Gasteiger partial charge in [0.15, 0.2) is 0 Å². The predicted octanol–water partition coefficient (Wildman–Crippen LogP) is 6.77. The zero-order chi connectivity index (χ0) is 22.0. The Balaban J connectivity index is 1.45. The van der Waals surface area contributed by atoms with E-state index in [0.29, 0.717) is 26.9 Å². The van der Waals surface area contributed by atoms with Crippen LogP contribution in [0.3, 0.4) is 0 Å². The number of H-pyrrole nitrogens is 1. The van der Waals surface area contributed by atoms with E-state index >= 15 is 0 Å². The molecule has 0 radical (unpaired) electrons. The van der Waals surface area contributed by atoms with Crippen molar-refractivity contribution in [3.05, 3.63) is 98.7 Å². The van der Waals surface area contributed by atoms with Crippen molar-refractivity contribution in [3.63, 3.8) is 0 Å². The molecule has 0 bridgehead atoms. The van der Waals surface area contributed by atoms with Crippen LogP contribution in [0.1, 0.15) is 15.9 Å². The monoisotopic (exact) mass is 473 g/mol. The molecule has 0 aliphatic heterocycles. The fourth-order valence-corrected chi connectivity index (χ4v) is 3.76. The lowest BCUT2D eigenvalue weighted by Crippen LogP contribution is -2.22. The van der Waals surface area contributed by atoms with Crippen LogP contribution < -0.4 is 5.32 Å².